The van der Waals surface area contributed by atoms with Crippen LogP contribution in [0.25, 0.3) is 0 Å². The van der Waals surface area contributed by atoms with Crippen molar-refractivity contribution >= 4 is 17.7 Å². The van der Waals surface area contributed by atoms with Gasteiger partial charge in [-0.2, -0.15) is 0 Å². The van der Waals surface area contributed by atoms with Crippen molar-refractivity contribution in [2.75, 3.05) is 12.4 Å². The van der Waals surface area contributed by atoms with Gasteiger partial charge in [-0.05, 0) is 26.2 Å². The lowest BCUT2D eigenvalue weighted by Gasteiger charge is -2.21. The first kappa shape index (κ1) is 17.0. The van der Waals surface area contributed by atoms with Gasteiger partial charge in [0, 0.05) is 18.7 Å². The molecule has 0 saturated heterocycles. The third kappa shape index (κ3) is 5.13. The number of hydrogen-bond donors (Lipinski definition) is 2. The van der Waals surface area contributed by atoms with Crippen LogP contribution in [0.3, 0.4) is 0 Å². The van der Waals surface area contributed by atoms with Gasteiger partial charge in [-0.15, -0.1) is 10.2 Å². The predicted molar refractivity (Wildman–Crippen MR) is 79.6 cm³/mol. The lowest BCUT2D eigenvalue weighted by atomic mass is 10.0. The minimum absolute atomic E-state index is 0.0102. The van der Waals surface area contributed by atoms with Crippen LogP contribution in [0.1, 0.15) is 40.2 Å². The molecule has 0 spiro atoms. The summed E-state index contributed by atoms with van der Waals surface area (Å²) in [5, 5.41) is 20.6. The number of nitrogens with one attached hydrogen (secondary N) is 1. The standard InChI is InChI=1S/C13H24N4O2S/c1-9(2)11(5-6-18)15-12(19)7-20-13-16-14-8-17(13)10(3)4/h8-11,18H,5-7H2,1-4H3,(H,15,19). The highest BCUT2D eigenvalue weighted by atomic mass is 32.2. The maximum absolute atomic E-state index is 11.9. The Morgan fingerprint density at radius 2 is 2.15 bits per heavy atom. The number of rotatable bonds is 8. The van der Waals surface area contributed by atoms with E-state index in [0.29, 0.717) is 18.1 Å². The second kappa shape index (κ2) is 8.26. The summed E-state index contributed by atoms with van der Waals surface area (Å²) in [7, 11) is 0. The molecule has 0 aliphatic heterocycles. The van der Waals surface area contributed by atoms with Crippen LogP contribution in [0.5, 0.6) is 0 Å². The Morgan fingerprint density at radius 1 is 1.45 bits per heavy atom. The number of nitrogens with zero attached hydrogens (tertiary/aromatic N) is 3. The lowest BCUT2D eigenvalue weighted by molar-refractivity contribution is -0.119. The number of hydrogen-bond acceptors (Lipinski definition) is 5. The molecule has 0 fully saturated rings. The van der Waals surface area contributed by atoms with Gasteiger partial charge in [-0.1, -0.05) is 25.6 Å². The molecular formula is C13H24N4O2S. The Hall–Kier alpha value is -1.08. The maximum atomic E-state index is 11.9. The molecule has 0 saturated carbocycles. The smallest absolute Gasteiger partial charge is 0.230 e. The third-order valence-electron chi connectivity index (χ3n) is 3.02. The van der Waals surface area contributed by atoms with Crippen molar-refractivity contribution in [3.8, 4) is 0 Å². The number of aliphatic hydroxyl groups excluding tert-OH is 1. The van der Waals surface area contributed by atoms with Gasteiger partial charge < -0.3 is 15.0 Å². The van der Waals surface area contributed by atoms with Crippen molar-refractivity contribution in [2.45, 2.75) is 51.4 Å². The van der Waals surface area contributed by atoms with Crippen LogP contribution in [-0.2, 0) is 4.79 Å². The summed E-state index contributed by atoms with van der Waals surface area (Å²) < 4.78 is 1.94. The summed E-state index contributed by atoms with van der Waals surface area (Å²) in [6.07, 6.45) is 2.25. The molecular weight excluding hydrogens is 276 g/mol. The van der Waals surface area contributed by atoms with E-state index in [0.717, 1.165) is 5.16 Å². The minimum atomic E-state index is -0.0412. The highest BCUT2D eigenvalue weighted by Crippen LogP contribution is 2.18. The van der Waals surface area contributed by atoms with Crippen LogP contribution in [0.15, 0.2) is 11.5 Å². The first-order valence-corrected chi connectivity index (χ1v) is 7.86. The summed E-state index contributed by atoms with van der Waals surface area (Å²) in [5.41, 5.74) is 0. The zero-order chi connectivity index (χ0) is 15.1. The second-order valence-corrected chi connectivity index (χ2v) is 6.28. The SMILES string of the molecule is CC(C)C(CCO)NC(=O)CSc1nncn1C(C)C. The molecule has 7 heteroatoms. The Labute approximate surface area is 124 Å². The summed E-state index contributed by atoms with van der Waals surface area (Å²) in [6.45, 7) is 8.23. The Balaban J connectivity index is 2.48. The molecule has 1 rings (SSSR count). The predicted octanol–water partition coefficient (Wildman–Crippen LogP) is 1.47. The quantitative estimate of drug-likeness (QED) is 0.711. The van der Waals surface area contributed by atoms with Crippen molar-refractivity contribution in [1.29, 1.82) is 0 Å². The van der Waals surface area contributed by atoms with Gasteiger partial charge >= 0.3 is 0 Å². The van der Waals surface area contributed by atoms with E-state index >= 15 is 0 Å². The second-order valence-electron chi connectivity index (χ2n) is 5.33. The number of carbonyl (C=O) groups is 1. The highest BCUT2D eigenvalue weighted by Gasteiger charge is 2.16. The first-order chi connectivity index (χ1) is 9.45. The number of aromatic nitrogens is 3. The van der Waals surface area contributed by atoms with E-state index in [9.17, 15) is 4.79 Å². The fourth-order valence-electron chi connectivity index (χ4n) is 1.78. The van der Waals surface area contributed by atoms with Gasteiger partial charge in [0.15, 0.2) is 5.16 Å². The summed E-state index contributed by atoms with van der Waals surface area (Å²) >= 11 is 1.38. The van der Waals surface area contributed by atoms with Gasteiger partial charge in [-0.3, -0.25) is 4.79 Å². The van der Waals surface area contributed by atoms with Crippen LogP contribution in [0.4, 0.5) is 0 Å². The molecule has 114 valence electrons. The van der Waals surface area contributed by atoms with Crippen molar-refractivity contribution in [2.24, 2.45) is 5.92 Å². The lowest BCUT2D eigenvalue weighted by Crippen LogP contribution is -2.40. The molecule has 2 N–H and O–H groups in total. The largest absolute Gasteiger partial charge is 0.396 e. The van der Waals surface area contributed by atoms with E-state index in [1.54, 1.807) is 6.33 Å². The molecule has 0 bridgehead atoms. The third-order valence-corrected chi connectivity index (χ3v) is 3.98. The Kier molecular flexibility index (Phi) is 7.01. The Bertz CT molecular complexity index is 420. The molecule has 6 nitrogen and oxygen atoms in total. The molecule has 1 atom stereocenters. The Morgan fingerprint density at radius 3 is 2.70 bits per heavy atom. The van der Waals surface area contributed by atoms with E-state index in [-0.39, 0.29) is 24.6 Å². The zero-order valence-corrected chi connectivity index (χ0v) is 13.4. The molecule has 1 aromatic rings. The summed E-state index contributed by atoms with van der Waals surface area (Å²) in [4.78, 5) is 11.9. The molecule has 0 aliphatic carbocycles. The van der Waals surface area contributed by atoms with Crippen LogP contribution in [-0.4, -0.2) is 44.2 Å². The molecule has 1 unspecified atom stereocenters. The van der Waals surface area contributed by atoms with Crippen molar-refractivity contribution in [3.05, 3.63) is 6.33 Å². The first-order valence-electron chi connectivity index (χ1n) is 6.88. The van der Waals surface area contributed by atoms with Gasteiger partial charge in [-0.25, -0.2) is 0 Å². The van der Waals surface area contributed by atoms with E-state index in [1.165, 1.54) is 11.8 Å². The van der Waals surface area contributed by atoms with Gasteiger partial charge in [0.05, 0.1) is 5.75 Å². The molecule has 0 aliphatic rings. The number of amides is 1. The van der Waals surface area contributed by atoms with Crippen molar-refractivity contribution < 1.29 is 9.90 Å². The van der Waals surface area contributed by atoms with E-state index < -0.39 is 0 Å². The fourth-order valence-corrected chi connectivity index (χ4v) is 2.63. The molecule has 20 heavy (non-hydrogen) atoms. The molecule has 1 heterocycles. The highest BCUT2D eigenvalue weighted by molar-refractivity contribution is 7.99. The number of aliphatic hydroxyl groups is 1. The van der Waals surface area contributed by atoms with Crippen molar-refractivity contribution in [1.82, 2.24) is 20.1 Å². The number of thioether (sulfide) groups is 1. The zero-order valence-electron chi connectivity index (χ0n) is 12.5. The fraction of sp³-hybridized carbons (Fsp3) is 0.769. The monoisotopic (exact) mass is 300 g/mol. The van der Waals surface area contributed by atoms with Crippen molar-refractivity contribution in [3.63, 3.8) is 0 Å². The van der Waals surface area contributed by atoms with Crippen LogP contribution in [0.2, 0.25) is 0 Å². The molecule has 1 aromatic heterocycles. The van der Waals surface area contributed by atoms with Crippen LogP contribution < -0.4 is 5.32 Å². The van der Waals surface area contributed by atoms with E-state index in [1.807, 2.05) is 32.3 Å². The maximum Gasteiger partial charge on any atom is 0.230 e. The molecule has 1 amide bonds. The molecule has 0 aromatic carbocycles. The average molecular weight is 300 g/mol. The number of carbonyl (C=O) groups excluding carboxylic acids is 1. The summed E-state index contributed by atoms with van der Waals surface area (Å²) in [6, 6.07) is 0.282. The minimum Gasteiger partial charge on any atom is -0.396 e. The average Bonchev–Trinajstić information content (AvgIpc) is 2.84. The van der Waals surface area contributed by atoms with Gasteiger partial charge in [0.25, 0.3) is 0 Å². The van der Waals surface area contributed by atoms with Crippen LogP contribution >= 0.6 is 11.8 Å². The topological polar surface area (TPSA) is 80.0 Å². The summed E-state index contributed by atoms with van der Waals surface area (Å²) in [5.74, 6) is 0.566. The van der Waals surface area contributed by atoms with Gasteiger partial charge in [0.2, 0.25) is 5.91 Å². The van der Waals surface area contributed by atoms with E-state index in [2.05, 4.69) is 15.5 Å². The van der Waals surface area contributed by atoms with E-state index in [4.69, 9.17) is 5.11 Å². The molecule has 0 radical (unpaired) electrons. The normalized spacial score (nSPS) is 12.9. The van der Waals surface area contributed by atoms with Gasteiger partial charge in [0.1, 0.15) is 6.33 Å². The van der Waals surface area contributed by atoms with Crippen LogP contribution in [0, 0.1) is 5.92 Å².